The van der Waals surface area contributed by atoms with Crippen LogP contribution in [0.25, 0.3) is 0 Å². The lowest BCUT2D eigenvalue weighted by Crippen LogP contribution is -2.25. The summed E-state index contributed by atoms with van der Waals surface area (Å²) in [5.74, 6) is -0.120. The number of aliphatic hydroxyl groups is 1. The van der Waals surface area contributed by atoms with Crippen molar-refractivity contribution < 1.29 is 18.4 Å². The molecule has 1 saturated heterocycles. The molecular weight excluding hydrogens is 304 g/mol. The Morgan fingerprint density at radius 2 is 2.09 bits per heavy atom. The fourth-order valence-electron chi connectivity index (χ4n) is 3.13. The highest BCUT2D eigenvalue weighted by molar-refractivity contribution is 5.23. The zero-order chi connectivity index (χ0) is 16.0. The first-order valence-corrected chi connectivity index (χ1v) is 7.79. The quantitative estimate of drug-likeness (QED) is 0.937. The van der Waals surface area contributed by atoms with Crippen molar-refractivity contribution in [3.8, 4) is 0 Å². The van der Waals surface area contributed by atoms with Crippen LogP contribution in [0, 0.1) is 11.6 Å². The van der Waals surface area contributed by atoms with Crippen molar-refractivity contribution in [2.45, 2.75) is 43.9 Å². The Labute approximate surface area is 131 Å². The molecule has 0 amide bonds. The molecule has 1 aromatic heterocycles. The van der Waals surface area contributed by atoms with E-state index >= 15 is 0 Å². The lowest BCUT2D eigenvalue weighted by Gasteiger charge is -2.23. The zero-order valence-corrected chi connectivity index (χ0v) is 12.5. The van der Waals surface area contributed by atoms with Crippen molar-refractivity contribution in [1.82, 2.24) is 15.0 Å². The Kier molecular flexibility index (Phi) is 3.61. The van der Waals surface area contributed by atoms with E-state index in [4.69, 9.17) is 4.52 Å². The van der Waals surface area contributed by atoms with Gasteiger partial charge in [-0.3, -0.25) is 4.90 Å². The fourth-order valence-corrected chi connectivity index (χ4v) is 3.13. The van der Waals surface area contributed by atoms with E-state index in [9.17, 15) is 13.9 Å². The third kappa shape index (κ3) is 2.98. The fraction of sp³-hybridized carbons (Fsp3) is 0.500. The Balaban J connectivity index is 1.53. The number of likely N-dealkylation sites (tertiary alicyclic amines) is 1. The maximum absolute atomic E-state index is 13.5. The standard InChI is InChI=1S/C16H17F2N3O2/c17-12-4-3-10(5-13(12)18)14-6-11(22)7-21(14)8-15-19-16(23-20-15)9-1-2-9/h3-5,9,11,14,22H,1-2,6-8H2/t11-,14+/m1/s1. The lowest BCUT2D eigenvalue weighted by atomic mass is 10.0. The Morgan fingerprint density at radius 1 is 1.26 bits per heavy atom. The molecule has 2 aliphatic rings. The van der Waals surface area contributed by atoms with Crippen LogP contribution in [0.3, 0.4) is 0 Å². The van der Waals surface area contributed by atoms with Gasteiger partial charge in [-0.25, -0.2) is 8.78 Å². The van der Waals surface area contributed by atoms with Crippen LogP contribution in [0.5, 0.6) is 0 Å². The minimum absolute atomic E-state index is 0.192. The van der Waals surface area contributed by atoms with Crippen LogP contribution in [0.1, 0.15) is 48.5 Å². The molecular formula is C16H17F2N3O2. The van der Waals surface area contributed by atoms with E-state index in [0.29, 0.717) is 42.7 Å². The van der Waals surface area contributed by atoms with Crippen LogP contribution >= 0.6 is 0 Å². The third-order valence-corrected chi connectivity index (χ3v) is 4.46. The molecule has 5 nitrogen and oxygen atoms in total. The van der Waals surface area contributed by atoms with Crippen LogP contribution in [0.4, 0.5) is 8.78 Å². The molecule has 23 heavy (non-hydrogen) atoms. The van der Waals surface area contributed by atoms with E-state index in [0.717, 1.165) is 18.9 Å². The molecule has 2 atom stereocenters. The number of halogens is 2. The van der Waals surface area contributed by atoms with Gasteiger partial charge in [-0.1, -0.05) is 11.2 Å². The summed E-state index contributed by atoms with van der Waals surface area (Å²) >= 11 is 0. The number of aliphatic hydroxyl groups excluding tert-OH is 1. The molecule has 1 aromatic carbocycles. The number of nitrogens with zero attached hydrogens (tertiary/aromatic N) is 3. The topological polar surface area (TPSA) is 62.4 Å². The molecule has 0 radical (unpaired) electrons. The first-order valence-electron chi connectivity index (χ1n) is 7.79. The van der Waals surface area contributed by atoms with Crippen LogP contribution in [0.2, 0.25) is 0 Å². The second-order valence-corrected chi connectivity index (χ2v) is 6.33. The van der Waals surface area contributed by atoms with Gasteiger partial charge in [-0.05, 0) is 37.0 Å². The highest BCUT2D eigenvalue weighted by atomic mass is 19.2. The second kappa shape index (κ2) is 5.65. The minimum atomic E-state index is -0.876. The monoisotopic (exact) mass is 321 g/mol. The predicted molar refractivity (Wildman–Crippen MR) is 76.4 cm³/mol. The van der Waals surface area contributed by atoms with E-state index in [2.05, 4.69) is 10.1 Å². The van der Waals surface area contributed by atoms with E-state index in [1.165, 1.54) is 6.07 Å². The van der Waals surface area contributed by atoms with E-state index in [1.807, 2.05) is 4.90 Å². The van der Waals surface area contributed by atoms with Gasteiger partial charge in [-0.15, -0.1) is 0 Å². The molecule has 0 spiro atoms. The van der Waals surface area contributed by atoms with Gasteiger partial charge in [0.15, 0.2) is 17.5 Å². The number of β-amino-alcohol motifs (C(OH)–C–C–N with tert-alkyl or cyclic N) is 1. The first-order chi connectivity index (χ1) is 11.1. The molecule has 4 rings (SSSR count). The van der Waals surface area contributed by atoms with Gasteiger partial charge in [-0.2, -0.15) is 4.98 Å². The lowest BCUT2D eigenvalue weighted by molar-refractivity contribution is 0.170. The smallest absolute Gasteiger partial charge is 0.229 e. The second-order valence-electron chi connectivity index (χ2n) is 6.33. The molecule has 7 heteroatoms. The van der Waals surface area contributed by atoms with Crippen molar-refractivity contribution in [2.24, 2.45) is 0 Å². The van der Waals surface area contributed by atoms with E-state index in [1.54, 1.807) is 6.07 Å². The van der Waals surface area contributed by atoms with Gasteiger partial charge in [0, 0.05) is 18.5 Å². The number of benzene rings is 1. The van der Waals surface area contributed by atoms with Gasteiger partial charge < -0.3 is 9.63 Å². The first kappa shape index (κ1) is 14.7. The van der Waals surface area contributed by atoms with Crippen molar-refractivity contribution in [1.29, 1.82) is 0 Å². The van der Waals surface area contributed by atoms with Gasteiger partial charge in [0.2, 0.25) is 5.89 Å². The number of hydrogen-bond donors (Lipinski definition) is 1. The maximum atomic E-state index is 13.5. The molecule has 1 aliphatic heterocycles. The zero-order valence-electron chi connectivity index (χ0n) is 12.5. The Hall–Kier alpha value is -1.86. The van der Waals surface area contributed by atoms with Crippen molar-refractivity contribution in [3.05, 3.63) is 47.1 Å². The number of rotatable bonds is 4. The van der Waals surface area contributed by atoms with Crippen molar-refractivity contribution >= 4 is 0 Å². The molecule has 2 heterocycles. The van der Waals surface area contributed by atoms with Gasteiger partial charge >= 0.3 is 0 Å². The maximum Gasteiger partial charge on any atom is 0.229 e. The number of aromatic nitrogens is 2. The van der Waals surface area contributed by atoms with Crippen molar-refractivity contribution in [2.75, 3.05) is 6.54 Å². The van der Waals surface area contributed by atoms with Crippen molar-refractivity contribution in [3.63, 3.8) is 0 Å². The van der Waals surface area contributed by atoms with Gasteiger partial charge in [0.25, 0.3) is 0 Å². The summed E-state index contributed by atoms with van der Waals surface area (Å²) in [6.07, 6.45) is 2.13. The molecule has 2 aromatic rings. The van der Waals surface area contributed by atoms with E-state index in [-0.39, 0.29) is 6.04 Å². The number of hydrogen-bond acceptors (Lipinski definition) is 5. The average molecular weight is 321 g/mol. The summed E-state index contributed by atoms with van der Waals surface area (Å²) in [7, 11) is 0. The summed E-state index contributed by atoms with van der Waals surface area (Å²) in [5.41, 5.74) is 0.645. The Bertz CT molecular complexity index is 717. The van der Waals surface area contributed by atoms with E-state index < -0.39 is 17.7 Å². The molecule has 1 N–H and O–H groups in total. The highest BCUT2D eigenvalue weighted by Gasteiger charge is 2.34. The Morgan fingerprint density at radius 3 is 2.83 bits per heavy atom. The molecule has 2 fully saturated rings. The average Bonchev–Trinajstić information content (AvgIpc) is 3.16. The molecule has 0 bridgehead atoms. The van der Waals surface area contributed by atoms with Crippen LogP contribution in [-0.2, 0) is 6.54 Å². The third-order valence-electron chi connectivity index (χ3n) is 4.46. The highest BCUT2D eigenvalue weighted by Crippen LogP contribution is 2.39. The molecule has 0 unspecified atom stereocenters. The molecule has 1 aliphatic carbocycles. The molecule has 122 valence electrons. The SMILES string of the molecule is O[C@@H]1C[C@@H](c2ccc(F)c(F)c2)N(Cc2noc(C3CC3)n2)C1. The summed E-state index contributed by atoms with van der Waals surface area (Å²) in [6, 6.07) is 3.67. The summed E-state index contributed by atoms with van der Waals surface area (Å²) in [5, 5.41) is 13.9. The predicted octanol–water partition coefficient (Wildman–Crippen LogP) is 2.53. The summed E-state index contributed by atoms with van der Waals surface area (Å²) < 4.78 is 31.8. The summed E-state index contributed by atoms with van der Waals surface area (Å²) in [4.78, 5) is 6.36. The van der Waals surface area contributed by atoms with Gasteiger partial charge in [0.05, 0.1) is 12.6 Å². The largest absolute Gasteiger partial charge is 0.392 e. The van der Waals surface area contributed by atoms with Crippen LogP contribution in [-0.4, -0.2) is 32.8 Å². The molecule has 1 saturated carbocycles. The summed E-state index contributed by atoms with van der Waals surface area (Å²) in [6.45, 7) is 0.855. The normalized spacial score (nSPS) is 25.2. The van der Waals surface area contributed by atoms with Gasteiger partial charge in [0.1, 0.15) is 0 Å². The minimum Gasteiger partial charge on any atom is -0.392 e. The van der Waals surface area contributed by atoms with Crippen LogP contribution in [0.15, 0.2) is 22.7 Å². The van der Waals surface area contributed by atoms with Crippen LogP contribution < -0.4 is 0 Å².